The van der Waals surface area contributed by atoms with E-state index in [9.17, 15) is 4.79 Å². The van der Waals surface area contributed by atoms with Gasteiger partial charge in [0.2, 0.25) is 0 Å². The molecule has 0 aliphatic carbocycles. The Labute approximate surface area is 201 Å². The summed E-state index contributed by atoms with van der Waals surface area (Å²) in [5.74, 6) is 1.10. The summed E-state index contributed by atoms with van der Waals surface area (Å²) in [6.45, 7) is 6.28. The van der Waals surface area contributed by atoms with Gasteiger partial charge in [0.15, 0.2) is 10.7 Å². The van der Waals surface area contributed by atoms with Crippen LogP contribution in [0, 0.1) is 0 Å². The number of ether oxygens (including phenoxy) is 2. The molecule has 1 amide bonds. The van der Waals surface area contributed by atoms with Gasteiger partial charge in [0.05, 0.1) is 29.1 Å². The first-order valence-corrected chi connectivity index (χ1v) is 11.7. The maximum atomic E-state index is 13.8. The number of aromatic nitrogens is 2. The number of fused-ring (bicyclic) bond motifs is 1. The largest absolute Gasteiger partial charge is 0.494 e. The summed E-state index contributed by atoms with van der Waals surface area (Å²) in [6, 6.07) is 18.3. The van der Waals surface area contributed by atoms with Gasteiger partial charge in [-0.1, -0.05) is 29.0 Å². The molecule has 0 aliphatic heterocycles. The van der Waals surface area contributed by atoms with Crippen molar-refractivity contribution in [1.29, 1.82) is 0 Å². The minimum absolute atomic E-state index is 0.229. The Kier molecular flexibility index (Phi) is 6.81. The van der Waals surface area contributed by atoms with Gasteiger partial charge in [-0.05, 0) is 75.4 Å². The van der Waals surface area contributed by atoms with E-state index in [2.05, 4.69) is 4.98 Å². The predicted octanol–water partition coefficient (Wildman–Crippen LogP) is 6.13. The molecule has 33 heavy (non-hydrogen) atoms. The van der Waals surface area contributed by atoms with E-state index in [-0.39, 0.29) is 12.5 Å². The fourth-order valence-electron chi connectivity index (χ4n) is 3.31. The molecule has 0 unspecified atom stereocenters. The number of hydrogen-bond acceptors (Lipinski definition) is 6. The Morgan fingerprint density at radius 3 is 2.55 bits per heavy atom. The molecule has 0 spiro atoms. The second kappa shape index (κ2) is 9.77. The van der Waals surface area contributed by atoms with Crippen LogP contribution in [0.5, 0.6) is 11.5 Å². The number of hydrogen-bond donors (Lipinski definition) is 0. The van der Waals surface area contributed by atoms with Crippen LogP contribution in [0.2, 0.25) is 5.02 Å². The molecule has 170 valence electrons. The molecule has 4 rings (SSSR count). The van der Waals surface area contributed by atoms with Gasteiger partial charge in [0.1, 0.15) is 11.5 Å². The zero-order chi connectivity index (χ0) is 23.4. The van der Waals surface area contributed by atoms with E-state index in [4.69, 9.17) is 26.1 Å². The number of thiazole rings is 1. The van der Waals surface area contributed by atoms with Crippen molar-refractivity contribution in [2.24, 2.45) is 0 Å². The zero-order valence-corrected chi connectivity index (χ0v) is 20.2. The van der Waals surface area contributed by atoms with Crippen molar-refractivity contribution in [2.75, 3.05) is 11.5 Å². The second-order valence-corrected chi connectivity index (χ2v) is 9.28. The van der Waals surface area contributed by atoms with E-state index >= 15 is 0 Å². The first kappa shape index (κ1) is 23.0. The standard InChI is InChI=1S/C25H24ClN3O3S/c1-4-31-20-12-13-21-22(15-20)33-24(28-21)29(16-18-7-5-6-14-27-18)23(30)25(2,3)32-19-10-8-17(26)9-11-19/h5-15H,4,16H2,1-3H3. The van der Waals surface area contributed by atoms with Crippen molar-refractivity contribution < 1.29 is 14.3 Å². The molecule has 0 N–H and O–H groups in total. The Balaban J connectivity index is 1.69. The lowest BCUT2D eigenvalue weighted by molar-refractivity contribution is -0.131. The van der Waals surface area contributed by atoms with E-state index in [0.29, 0.717) is 22.5 Å². The number of anilines is 1. The summed E-state index contributed by atoms with van der Waals surface area (Å²) in [5.41, 5.74) is 0.396. The van der Waals surface area contributed by atoms with Gasteiger partial charge in [-0.2, -0.15) is 0 Å². The van der Waals surface area contributed by atoms with Crippen LogP contribution in [-0.4, -0.2) is 28.1 Å². The highest BCUT2D eigenvalue weighted by Crippen LogP contribution is 2.34. The third kappa shape index (κ3) is 5.43. The molecule has 2 aromatic heterocycles. The van der Waals surface area contributed by atoms with Gasteiger partial charge in [-0.15, -0.1) is 0 Å². The van der Waals surface area contributed by atoms with Crippen molar-refractivity contribution in [1.82, 2.24) is 9.97 Å². The topological polar surface area (TPSA) is 64.5 Å². The Morgan fingerprint density at radius 1 is 1.09 bits per heavy atom. The van der Waals surface area contributed by atoms with E-state index in [1.54, 1.807) is 49.2 Å². The highest BCUT2D eigenvalue weighted by Gasteiger charge is 2.36. The summed E-state index contributed by atoms with van der Waals surface area (Å²) in [4.78, 5) is 24.5. The van der Waals surface area contributed by atoms with Crippen molar-refractivity contribution >= 4 is 44.2 Å². The molecule has 6 nitrogen and oxygen atoms in total. The number of carbonyl (C=O) groups is 1. The lowest BCUT2D eigenvalue weighted by Crippen LogP contribution is -2.49. The highest BCUT2D eigenvalue weighted by atomic mass is 35.5. The Morgan fingerprint density at radius 2 is 1.85 bits per heavy atom. The molecule has 0 fully saturated rings. The van der Waals surface area contributed by atoms with E-state index in [0.717, 1.165) is 21.7 Å². The summed E-state index contributed by atoms with van der Waals surface area (Å²) >= 11 is 7.41. The van der Waals surface area contributed by atoms with Gasteiger partial charge in [-0.3, -0.25) is 14.7 Å². The first-order chi connectivity index (χ1) is 15.9. The second-order valence-electron chi connectivity index (χ2n) is 7.84. The monoisotopic (exact) mass is 481 g/mol. The molecule has 0 bridgehead atoms. The number of amides is 1. The number of carbonyl (C=O) groups excluding carboxylic acids is 1. The highest BCUT2D eigenvalue weighted by molar-refractivity contribution is 7.22. The number of halogens is 1. The maximum absolute atomic E-state index is 13.8. The van der Waals surface area contributed by atoms with Crippen LogP contribution in [0.15, 0.2) is 66.9 Å². The van der Waals surface area contributed by atoms with Gasteiger partial charge >= 0.3 is 0 Å². The maximum Gasteiger partial charge on any atom is 0.272 e. The molecule has 0 aliphatic rings. The molecular weight excluding hydrogens is 458 g/mol. The number of nitrogens with zero attached hydrogens (tertiary/aromatic N) is 3. The van der Waals surface area contributed by atoms with Gasteiger partial charge in [-0.25, -0.2) is 4.98 Å². The van der Waals surface area contributed by atoms with Crippen molar-refractivity contribution in [3.05, 3.63) is 77.6 Å². The van der Waals surface area contributed by atoms with Gasteiger partial charge in [0, 0.05) is 11.2 Å². The lowest BCUT2D eigenvalue weighted by atomic mass is 10.1. The minimum atomic E-state index is -1.16. The fourth-order valence-corrected chi connectivity index (χ4v) is 4.43. The van der Waals surface area contributed by atoms with Gasteiger partial charge in [0.25, 0.3) is 5.91 Å². The smallest absolute Gasteiger partial charge is 0.272 e. The van der Waals surface area contributed by atoms with E-state index in [1.807, 2.05) is 43.3 Å². The third-order valence-corrected chi connectivity index (χ3v) is 6.18. The molecule has 0 radical (unpaired) electrons. The van der Waals surface area contributed by atoms with Gasteiger partial charge < -0.3 is 9.47 Å². The molecule has 0 saturated carbocycles. The molecular formula is C25H24ClN3O3S. The van der Waals surface area contributed by atoms with Crippen LogP contribution >= 0.6 is 22.9 Å². The number of rotatable bonds is 8. The third-order valence-electron chi connectivity index (χ3n) is 4.88. The quantitative estimate of drug-likeness (QED) is 0.302. The van der Waals surface area contributed by atoms with Crippen LogP contribution in [0.3, 0.4) is 0 Å². The minimum Gasteiger partial charge on any atom is -0.494 e. The molecule has 2 aromatic carbocycles. The van der Waals surface area contributed by atoms with E-state index in [1.165, 1.54) is 11.3 Å². The van der Waals surface area contributed by atoms with E-state index < -0.39 is 5.60 Å². The van der Waals surface area contributed by atoms with Crippen LogP contribution in [0.25, 0.3) is 10.2 Å². The summed E-state index contributed by atoms with van der Waals surface area (Å²) in [6.07, 6.45) is 1.71. The Hall–Kier alpha value is -3.16. The molecule has 0 atom stereocenters. The van der Waals surface area contributed by atoms with Crippen molar-refractivity contribution in [3.8, 4) is 11.5 Å². The molecule has 0 saturated heterocycles. The summed E-state index contributed by atoms with van der Waals surface area (Å²) in [7, 11) is 0. The van der Waals surface area contributed by atoms with Crippen LogP contribution < -0.4 is 14.4 Å². The van der Waals surface area contributed by atoms with Crippen molar-refractivity contribution in [3.63, 3.8) is 0 Å². The molecule has 2 heterocycles. The number of pyridine rings is 1. The summed E-state index contributed by atoms with van der Waals surface area (Å²) < 4.78 is 12.6. The average molecular weight is 482 g/mol. The molecule has 8 heteroatoms. The fraction of sp³-hybridized carbons (Fsp3) is 0.240. The normalized spacial score (nSPS) is 11.4. The summed E-state index contributed by atoms with van der Waals surface area (Å²) in [5, 5.41) is 1.17. The predicted molar refractivity (Wildman–Crippen MR) is 132 cm³/mol. The molecule has 4 aromatic rings. The van der Waals surface area contributed by atoms with Crippen LogP contribution in [-0.2, 0) is 11.3 Å². The zero-order valence-electron chi connectivity index (χ0n) is 18.6. The number of benzene rings is 2. The average Bonchev–Trinajstić information content (AvgIpc) is 3.22. The Bertz CT molecular complexity index is 1240. The SMILES string of the molecule is CCOc1ccc2nc(N(Cc3ccccn3)C(=O)C(C)(C)Oc3ccc(Cl)cc3)sc2c1. The first-order valence-electron chi connectivity index (χ1n) is 10.6. The van der Waals surface area contributed by atoms with Crippen LogP contribution in [0.4, 0.5) is 5.13 Å². The van der Waals surface area contributed by atoms with Crippen LogP contribution in [0.1, 0.15) is 26.5 Å². The van der Waals surface area contributed by atoms with Crippen molar-refractivity contribution in [2.45, 2.75) is 32.9 Å². The lowest BCUT2D eigenvalue weighted by Gasteiger charge is -2.31.